The Morgan fingerprint density at radius 1 is 1.13 bits per heavy atom. The van der Waals surface area contributed by atoms with Crippen LogP contribution in [-0.2, 0) is 0 Å². The first-order valence-corrected chi connectivity index (χ1v) is 9.75. The van der Waals surface area contributed by atoms with E-state index in [2.05, 4.69) is 11.1 Å². The highest BCUT2D eigenvalue weighted by Crippen LogP contribution is 2.30. The van der Waals surface area contributed by atoms with Crippen LogP contribution < -0.4 is 9.64 Å². The molecule has 0 atom stereocenters. The Morgan fingerprint density at radius 3 is 2.53 bits per heavy atom. The van der Waals surface area contributed by atoms with Gasteiger partial charge in [-0.25, -0.2) is 0 Å². The predicted octanol–water partition coefficient (Wildman–Crippen LogP) is 3.49. The molecule has 0 aliphatic carbocycles. The summed E-state index contributed by atoms with van der Waals surface area (Å²) in [5, 5.41) is 9.53. The average molecular weight is 402 g/mol. The van der Waals surface area contributed by atoms with Crippen LogP contribution in [0.15, 0.2) is 52.9 Å². The minimum Gasteiger partial charge on any atom is -0.497 e. The summed E-state index contributed by atoms with van der Waals surface area (Å²) >= 11 is 0. The lowest BCUT2D eigenvalue weighted by molar-refractivity contribution is 0.0745. The van der Waals surface area contributed by atoms with Crippen molar-refractivity contribution in [1.29, 1.82) is 5.26 Å². The van der Waals surface area contributed by atoms with Gasteiger partial charge in [-0.3, -0.25) is 4.79 Å². The minimum absolute atomic E-state index is 0.0183. The van der Waals surface area contributed by atoms with Crippen LogP contribution in [0.4, 0.5) is 5.88 Å². The molecule has 0 spiro atoms. The molecule has 7 nitrogen and oxygen atoms in total. The standard InChI is InChI=1S/C23H22N4O3/c1-16-6-8-17(9-7-16)22(28)26-10-12-27(13-11-26)23-20(15-24)25-21(30-23)18-4-3-5-19(14-18)29-2/h3-9,14H,10-13H2,1-2H3. The summed E-state index contributed by atoms with van der Waals surface area (Å²) < 4.78 is 11.2. The fourth-order valence-electron chi connectivity index (χ4n) is 3.47. The highest BCUT2D eigenvalue weighted by molar-refractivity contribution is 5.94. The van der Waals surface area contributed by atoms with Gasteiger partial charge in [0.15, 0.2) is 0 Å². The molecule has 152 valence electrons. The Kier molecular flexibility index (Phi) is 5.40. The number of rotatable bonds is 4. The van der Waals surface area contributed by atoms with Gasteiger partial charge in [0.05, 0.1) is 7.11 Å². The summed E-state index contributed by atoms with van der Waals surface area (Å²) in [6.45, 7) is 4.23. The maximum atomic E-state index is 12.7. The second-order valence-corrected chi connectivity index (χ2v) is 7.16. The van der Waals surface area contributed by atoms with Crippen molar-refractivity contribution in [3.05, 3.63) is 65.4 Å². The van der Waals surface area contributed by atoms with Gasteiger partial charge < -0.3 is 19.0 Å². The third kappa shape index (κ3) is 3.85. The lowest BCUT2D eigenvalue weighted by atomic mass is 10.1. The zero-order valence-corrected chi connectivity index (χ0v) is 17.0. The number of methoxy groups -OCH3 is 1. The third-order valence-corrected chi connectivity index (χ3v) is 5.18. The van der Waals surface area contributed by atoms with Gasteiger partial charge in [-0.1, -0.05) is 23.8 Å². The Hall–Kier alpha value is -3.79. The molecule has 0 unspecified atom stereocenters. The second-order valence-electron chi connectivity index (χ2n) is 7.16. The Morgan fingerprint density at radius 2 is 1.87 bits per heavy atom. The lowest BCUT2D eigenvalue weighted by Crippen LogP contribution is -2.48. The largest absolute Gasteiger partial charge is 0.497 e. The number of nitriles is 1. The monoisotopic (exact) mass is 402 g/mol. The number of ether oxygens (including phenoxy) is 1. The van der Waals surface area contributed by atoms with Crippen LogP contribution in [0.25, 0.3) is 11.5 Å². The number of carbonyl (C=O) groups is 1. The van der Waals surface area contributed by atoms with E-state index in [0.717, 1.165) is 11.1 Å². The number of amides is 1. The van der Waals surface area contributed by atoms with E-state index >= 15 is 0 Å². The number of piperazine rings is 1. The van der Waals surface area contributed by atoms with Gasteiger partial charge in [0.1, 0.15) is 11.8 Å². The van der Waals surface area contributed by atoms with Gasteiger partial charge in [0.25, 0.3) is 5.91 Å². The second kappa shape index (κ2) is 8.29. The Labute approximate surface area is 175 Å². The molecule has 0 N–H and O–H groups in total. The van der Waals surface area contributed by atoms with Crippen LogP contribution in [0.1, 0.15) is 21.6 Å². The number of benzene rings is 2. The SMILES string of the molecule is COc1cccc(-c2nc(C#N)c(N3CCN(C(=O)c4ccc(C)cc4)CC3)o2)c1. The number of aromatic nitrogens is 1. The van der Waals surface area contributed by atoms with E-state index in [1.807, 2.05) is 65.3 Å². The van der Waals surface area contributed by atoms with Gasteiger partial charge in [0.2, 0.25) is 17.5 Å². The number of anilines is 1. The maximum absolute atomic E-state index is 12.7. The number of hydrogen-bond acceptors (Lipinski definition) is 6. The molecule has 1 aliphatic heterocycles. The molecule has 30 heavy (non-hydrogen) atoms. The Bertz CT molecular complexity index is 1090. The molecule has 1 aromatic heterocycles. The van der Waals surface area contributed by atoms with Crippen molar-refractivity contribution in [3.63, 3.8) is 0 Å². The van der Waals surface area contributed by atoms with Crippen LogP contribution in [-0.4, -0.2) is 49.1 Å². The van der Waals surface area contributed by atoms with Crippen molar-refractivity contribution in [2.45, 2.75) is 6.92 Å². The molecular formula is C23H22N4O3. The van der Waals surface area contributed by atoms with Gasteiger partial charge in [-0.05, 0) is 37.3 Å². The average Bonchev–Trinajstić information content (AvgIpc) is 3.24. The zero-order chi connectivity index (χ0) is 21.1. The smallest absolute Gasteiger partial charge is 0.253 e. The molecular weight excluding hydrogens is 380 g/mol. The summed E-state index contributed by atoms with van der Waals surface area (Å²) in [4.78, 5) is 20.9. The van der Waals surface area contributed by atoms with E-state index in [-0.39, 0.29) is 11.6 Å². The van der Waals surface area contributed by atoms with E-state index in [1.165, 1.54) is 0 Å². The number of aryl methyl sites for hydroxylation is 1. The fraction of sp³-hybridized carbons (Fsp3) is 0.261. The van der Waals surface area contributed by atoms with E-state index in [0.29, 0.717) is 49.3 Å². The van der Waals surface area contributed by atoms with E-state index in [4.69, 9.17) is 9.15 Å². The van der Waals surface area contributed by atoms with Crippen LogP contribution in [0, 0.1) is 18.3 Å². The summed E-state index contributed by atoms with van der Waals surface area (Å²) in [5.74, 6) is 1.52. The number of carbonyl (C=O) groups excluding carboxylic acids is 1. The molecule has 0 saturated carbocycles. The first-order chi connectivity index (χ1) is 14.6. The molecule has 7 heteroatoms. The molecule has 1 aliphatic rings. The van der Waals surface area contributed by atoms with E-state index < -0.39 is 0 Å². The molecule has 4 rings (SSSR count). The summed E-state index contributed by atoms with van der Waals surface area (Å²) in [7, 11) is 1.60. The third-order valence-electron chi connectivity index (χ3n) is 5.18. The maximum Gasteiger partial charge on any atom is 0.253 e. The normalized spacial score (nSPS) is 13.8. The van der Waals surface area contributed by atoms with Gasteiger partial charge >= 0.3 is 0 Å². The first kappa shape index (κ1) is 19.5. The number of oxazole rings is 1. The highest BCUT2D eigenvalue weighted by atomic mass is 16.5. The van der Waals surface area contributed by atoms with Crippen molar-refractivity contribution in [3.8, 4) is 23.3 Å². The summed E-state index contributed by atoms with van der Waals surface area (Å²) in [6, 6.07) is 17.1. The van der Waals surface area contributed by atoms with Crippen molar-refractivity contribution < 1.29 is 13.9 Å². The Balaban J connectivity index is 1.49. The van der Waals surface area contributed by atoms with Gasteiger partial charge in [-0.2, -0.15) is 10.2 Å². The topological polar surface area (TPSA) is 82.6 Å². The van der Waals surface area contributed by atoms with Crippen molar-refractivity contribution >= 4 is 11.8 Å². The minimum atomic E-state index is 0.0183. The summed E-state index contributed by atoms with van der Waals surface area (Å²) in [6.07, 6.45) is 0. The van der Waals surface area contributed by atoms with E-state index in [1.54, 1.807) is 7.11 Å². The molecule has 0 bridgehead atoms. The van der Waals surface area contributed by atoms with Crippen LogP contribution in [0.5, 0.6) is 5.75 Å². The first-order valence-electron chi connectivity index (χ1n) is 9.75. The molecule has 2 heterocycles. The number of nitrogens with zero attached hydrogens (tertiary/aromatic N) is 4. The van der Waals surface area contributed by atoms with Crippen LogP contribution >= 0.6 is 0 Å². The van der Waals surface area contributed by atoms with Gasteiger partial charge in [0, 0.05) is 37.3 Å². The van der Waals surface area contributed by atoms with Crippen molar-refractivity contribution in [1.82, 2.24) is 9.88 Å². The predicted molar refractivity (Wildman–Crippen MR) is 113 cm³/mol. The van der Waals surface area contributed by atoms with E-state index in [9.17, 15) is 10.1 Å². The zero-order valence-electron chi connectivity index (χ0n) is 17.0. The highest BCUT2D eigenvalue weighted by Gasteiger charge is 2.27. The van der Waals surface area contributed by atoms with Crippen LogP contribution in [0.3, 0.4) is 0 Å². The fourth-order valence-corrected chi connectivity index (χ4v) is 3.47. The molecule has 1 fully saturated rings. The van der Waals surface area contributed by atoms with Gasteiger partial charge in [-0.15, -0.1) is 0 Å². The van der Waals surface area contributed by atoms with Crippen molar-refractivity contribution in [2.75, 3.05) is 38.2 Å². The molecule has 1 saturated heterocycles. The molecule has 0 radical (unpaired) electrons. The quantitative estimate of drug-likeness (QED) is 0.664. The molecule has 1 amide bonds. The number of hydrogen-bond donors (Lipinski definition) is 0. The lowest BCUT2D eigenvalue weighted by Gasteiger charge is -2.34. The molecule has 2 aromatic carbocycles. The summed E-state index contributed by atoms with van der Waals surface area (Å²) in [5.41, 5.74) is 2.79. The molecule has 3 aromatic rings. The van der Waals surface area contributed by atoms with Crippen molar-refractivity contribution in [2.24, 2.45) is 0 Å². The van der Waals surface area contributed by atoms with Crippen LogP contribution in [0.2, 0.25) is 0 Å².